The van der Waals surface area contributed by atoms with Crippen LogP contribution in [0.5, 0.6) is 0 Å². The molecule has 0 amide bonds. The van der Waals surface area contributed by atoms with Crippen molar-refractivity contribution in [2.45, 2.75) is 45.3 Å². The molecular formula is C17H28N2O. The third-order valence-electron chi connectivity index (χ3n) is 4.27. The molecule has 1 fully saturated rings. The lowest BCUT2D eigenvalue weighted by Crippen LogP contribution is -2.51. The molecule has 2 atom stereocenters. The van der Waals surface area contributed by atoms with Crippen LogP contribution in [0.15, 0.2) is 30.3 Å². The first-order chi connectivity index (χ1) is 9.69. The molecule has 1 aromatic rings. The number of likely N-dealkylation sites (tertiary alicyclic amines) is 1. The quantitative estimate of drug-likeness (QED) is 0.836. The van der Waals surface area contributed by atoms with Gasteiger partial charge in [-0.25, -0.2) is 0 Å². The van der Waals surface area contributed by atoms with Crippen LogP contribution in [0.1, 0.15) is 32.3 Å². The zero-order chi connectivity index (χ0) is 14.4. The summed E-state index contributed by atoms with van der Waals surface area (Å²) in [4.78, 5) is 2.53. The second-order valence-electron chi connectivity index (χ2n) is 6.23. The van der Waals surface area contributed by atoms with Gasteiger partial charge in [-0.3, -0.25) is 4.90 Å². The average molecular weight is 276 g/mol. The predicted molar refractivity (Wildman–Crippen MR) is 83.6 cm³/mol. The summed E-state index contributed by atoms with van der Waals surface area (Å²) in [7, 11) is 0. The maximum Gasteiger partial charge on any atom is 0.0434 e. The fraction of sp³-hybridized carbons (Fsp3) is 0.647. The minimum atomic E-state index is 0.308. The fourth-order valence-corrected chi connectivity index (χ4v) is 3.06. The van der Waals surface area contributed by atoms with Crippen molar-refractivity contribution in [2.24, 2.45) is 5.92 Å². The Morgan fingerprint density at radius 2 is 2.00 bits per heavy atom. The molecule has 112 valence electrons. The van der Waals surface area contributed by atoms with E-state index in [1.807, 2.05) is 0 Å². The first-order valence-corrected chi connectivity index (χ1v) is 7.81. The van der Waals surface area contributed by atoms with Gasteiger partial charge in [0.2, 0.25) is 0 Å². The average Bonchev–Trinajstić information content (AvgIpc) is 2.46. The molecule has 0 spiro atoms. The molecule has 2 N–H and O–H groups in total. The molecule has 0 bridgehead atoms. The van der Waals surface area contributed by atoms with Crippen molar-refractivity contribution in [1.29, 1.82) is 0 Å². The van der Waals surface area contributed by atoms with Crippen molar-refractivity contribution >= 4 is 0 Å². The van der Waals surface area contributed by atoms with Crippen LogP contribution < -0.4 is 5.32 Å². The minimum absolute atomic E-state index is 0.308. The molecule has 0 aliphatic carbocycles. The third-order valence-corrected chi connectivity index (χ3v) is 4.27. The molecule has 0 aromatic heterocycles. The lowest BCUT2D eigenvalue weighted by atomic mass is 9.91. The Morgan fingerprint density at radius 1 is 1.25 bits per heavy atom. The molecule has 0 radical (unpaired) electrons. The SMILES string of the molecule is CC(C)N1CC(CCO)CC(NCc2ccccc2)C1. The largest absolute Gasteiger partial charge is 0.396 e. The number of hydrogen-bond acceptors (Lipinski definition) is 3. The Balaban J connectivity index is 1.88. The van der Waals surface area contributed by atoms with Gasteiger partial charge >= 0.3 is 0 Å². The van der Waals surface area contributed by atoms with Crippen LogP contribution in [0.2, 0.25) is 0 Å². The van der Waals surface area contributed by atoms with Gasteiger partial charge in [0, 0.05) is 38.3 Å². The maximum atomic E-state index is 9.20. The highest BCUT2D eigenvalue weighted by Gasteiger charge is 2.27. The van der Waals surface area contributed by atoms with Crippen LogP contribution in [-0.2, 0) is 6.54 Å². The molecule has 3 heteroatoms. The summed E-state index contributed by atoms with van der Waals surface area (Å²) in [6.07, 6.45) is 2.10. The smallest absolute Gasteiger partial charge is 0.0434 e. The number of piperidine rings is 1. The lowest BCUT2D eigenvalue weighted by molar-refractivity contribution is 0.0961. The van der Waals surface area contributed by atoms with E-state index in [1.165, 1.54) is 12.0 Å². The van der Waals surface area contributed by atoms with Gasteiger partial charge in [-0.2, -0.15) is 0 Å². The van der Waals surface area contributed by atoms with Gasteiger partial charge in [-0.05, 0) is 38.2 Å². The molecule has 0 saturated carbocycles. The molecule has 1 aromatic carbocycles. The van der Waals surface area contributed by atoms with Gasteiger partial charge < -0.3 is 10.4 Å². The van der Waals surface area contributed by atoms with Crippen LogP contribution in [-0.4, -0.2) is 41.8 Å². The molecule has 1 aliphatic heterocycles. The van der Waals surface area contributed by atoms with Crippen molar-refractivity contribution in [3.05, 3.63) is 35.9 Å². The van der Waals surface area contributed by atoms with E-state index < -0.39 is 0 Å². The van der Waals surface area contributed by atoms with Crippen molar-refractivity contribution in [2.75, 3.05) is 19.7 Å². The Kier molecular flexibility index (Phi) is 6.02. The summed E-state index contributed by atoms with van der Waals surface area (Å²) in [5, 5.41) is 12.9. The standard InChI is InChI=1S/C17H28N2O/c1-14(2)19-12-16(8-9-20)10-17(13-19)18-11-15-6-4-3-5-7-15/h3-7,14,16-18,20H,8-13H2,1-2H3. The molecule has 20 heavy (non-hydrogen) atoms. The molecule has 2 unspecified atom stereocenters. The summed E-state index contributed by atoms with van der Waals surface area (Å²) in [6.45, 7) is 8.00. The number of nitrogens with zero attached hydrogens (tertiary/aromatic N) is 1. The Bertz CT molecular complexity index is 380. The predicted octanol–water partition coefficient (Wildman–Crippen LogP) is 2.26. The van der Waals surface area contributed by atoms with Gasteiger partial charge in [-0.1, -0.05) is 30.3 Å². The van der Waals surface area contributed by atoms with E-state index in [-0.39, 0.29) is 0 Å². The highest BCUT2D eigenvalue weighted by molar-refractivity contribution is 5.14. The van der Waals surface area contributed by atoms with Crippen molar-refractivity contribution in [3.8, 4) is 0 Å². The normalized spacial score (nSPS) is 24.2. The molecule has 1 heterocycles. The van der Waals surface area contributed by atoms with E-state index in [4.69, 9.17) is 0 Å². The van der Waals surface area contributed by atoms with Crippen molar-refractivity contribution < 1.29 is 5.11 Å². The second kappa shape index (κ2) is 7.77. The van der Waals surface area contributed by atoms with Crippen LogP contribution in [0, 0.1) is 5.92 Å². The van der Waals surface area contributed by atoms with Gasteiger partial charge in [0.25, 0.3) is 0 Å². The first kappa shape index (κ1) is 15.5. The van der Waals surface area contributed by atoms with E-state index in [0.29, 0.717) is 24.6 Å². The minimum Gasteiger partial charge on any atom is -0.396 e. The number of nitrogens with one attached hydrogen (secondary N) is 1. The van der Waals surface area contributed by atoms with Crippen LogP contribution in [0.25, 0.3) is 0 Å². The Hall–Kier alpha value is -0.900. The zero-order valence-corrected chi connectivity index (χ0v) is 12.8. The molecule has 1 saturated heterocycles. The zero-order valence-electron chi connectivity index (χ0n) is 12.8. The number of rotatable bonds is 6. The number of hydrogen-bond donors (Lipinski definition) is 2. The van der Waals surface area contributed by atoms with Gasteiger partial charge in [0.15, 0.2) is 0 Å². The van der Waals surface area contributed by atoms with Crippen molar-refractivity contribution in [3.63, 3.8) is 0 Å². The van der Waals surface area contributed by atoms with E-state index in [0.717, 1.165) is 26.1 Å². The fourth-order valence-electron chi connectivity index (χ4n) is 3.06. The molecule has 2 rings (SSSR count). The highest BCUT2D eigenvalue weighted by atomic mass is 16.3. The lowest BCUT2D eigenvalue weighted by Gasteiger charge is -2.40. The van der Waals surface area contributed by atoms with Crippen molar-refractivity contribution in [1.82, 2.24) is 10.2 Å². The second-order valence-corrected chi connectivity index (χ2v) is 6.23. The summed E-state index contributed by atoms with van der Waals surface area (Å²) in [5.41, 5.74) is 1.34. The van der Waals surface area contributed by atoms with Crippen LogP contribution >= 0.6 is 0 Å². The van der Waals surface area contributed by atoms with E-state index in [9.17, 15) is 5.11 Å². The van der Waals surface area contributed by atoms with E-state index >= 15 is 0 Å². The highest BCUT2D eigenvalue weighted by Crippen LogP contribution is 2.21. The van der Waals surface area contributed by atoms with Gasteiger partial charge in [0.1, 0.15) is 0 Å². The molecule has 3 nitrogen and oxygen atoms in total. The van der Waals surface area contributed by atoms with Gasteiger partial charge in [-0.15, -0.1) is 0 Å². The Morgan fingerprint density at radius 3 is 2.65 bits per heavy atom. The molecular weight excluding hydrogens is 248 g/mol. The number of aliphatic hydroxyl groups is 1. The Labute approximate surface area is 123 Å². The first-order valence-electron chi connectivity index (χ1n) is 7.81. The summed E-state index contributed by atoms with van der Waals surface area (Å²) in [6, 6.07) is 11.7. The monoisotopic (exact) mass is 276 g/mol. The third kappa shape index (κ3) is 4.58. The summed E-state index contributed by atoms with van der Waals surface area (Å²) in [5.74, 6) is 0.615. The van der Waals surface area contributed by atoms with Gasteiger partial charge in [0.05, 0.1) is 0 Å². The maximum absolute atomic E-state index is 9.20. The topological polar surface area (TPSA) is 35.5 Å². The van der Waals surface area contributed by atoms with E-state index in [2.05, 4.69) is 54.4 Å². The summed E-state index contributed by atoms with van der Waals surface area (Å²) >= 11 is 0. The number of aliphatic hydroxyl groups excluding tert-OH is 1. The number of benzene rings is 1. The van der Waals surface area contributed by atoms with E-state index in [1.54, 1.807) is 0 Å². The summed E-state index contributed by atoms with van der Waals surface area (Å²) < 4.78 is 0. The van der Waals surface area contributed by atoms with Crippen LogP contribution in [0.4, 0.5) is 0 Å². The molecule has 1 aliphatic rings. The van der Waals surface area contributed by atoms with Crippen LogP contribution in [0.3, 0.4) is 0 Å².